The Hall–Kier alpha value is -2.10. The number of nitrogens with one attached hydrogen (secondary N) is 1. The Labute approximate surface area is 118 Å². The van der Waals surface area contributed by atoms with E-state index in [0.29, 0.717) is 0 Å². The summed E-state index contributed by atoms with van der Waals surface area (Å²) in [6.45, 7) is 7.03. The zero-order valence-corrected chi connectivity index (χ0v) is 11.9. The average Bonchev–Trinajstić information content (AvgIpc) is 2.52. The van der Waals surface area contributed by atoms with Crippen molar-refractivity contribution in [3.05, 3.63) is 0 Å². The topological polar surface area (TPSA) is 114 Å². The van der Waals surface area contributed by atoms with E-state index in [9.17, 15) is 15.8 Å². The molecule has 2 fully saturated rings. The van der Waals surface area contributed by atoms with Gasteiger partial charge in [-0.2, -0.15) is 15.8 Å². The molecule has 0 aromatic rings. The summed E-state index contributed by atoms with van der Waals surface area (Å²) in [5, 5.41) is 37.1. The van der Waals surface area contributed by atoms with Crippen molar-refractivity contribution < 1.29 is 9.47 Å². The molecular formula is C14H16N4O2. The second kappa shape index (κ2) is 3.95. The standard InChI is InChI=1S/C14H16N4O2/c1-8(2)9-13(5-15,6-16)14(7-17)10(18)20-11(19-9)12(14,3)4/h8-9,11,18H,1-4H3/t9-,11-,14-/m0/s1. The van der Waals surface area contributed by atoms with E-state index in [1.807, 2.05) is 26.0 Å². The first-order chi connectivity index (χ1) is 9.25. The van der Waals surface area contributed by atoms with Crippen LogP contribution in [0.1, 0.15) is 27.7 Å². The Balaban J connectivity index is 2.84. The van der Waals surface area contributed by atoms with Crippen LogP contribution < -0.4 is 0 Å². The predicted octanol–water partition coefficient (Wildman–Crippen LogP) is 1.94. The number of nitriles is 3. The van der Waals surface area contributed by atoms with E-state index in [1.54, 1.807) is 13.8 Å². The molecule has 6 heteroatoms. The Kier molecular flexibility index (Phi) is 2.82. The summed E-state index contributed by atoms with van der Waals surface area (Å²) in [7, 11) is 0. The highest BCUT2D eigenvalue weighted by Crippen LogP contribution is 2.65. The number of rotatable bonds is 1. The zero-order valence-electron chi connectivity index (χ0n) is 11.9. The van der Waals surface area contributed by atoms with Crippen molar-refractivity contribution in [2.45, 2.75) is 40.1 Å². The monoisotopic (exact) mass is 272 g/mol. The van der Waals surface area contributed by atoms with Crippen molar-refractivity contribution in [2.75, 3.05) is 0 Å². The zero-order chi connectivity index (χ0) is 15.3. The molecule has 0 aromatic heterocycles. The maximum Gasteiger partial charge on any atom is 0.209 e. The molecule has 3 atom stereocenters. The molecule has 2 aliphatic heterocycles. The lowest BCUT2D eigenvalue weighted by Gasteiger charge is -2.50. The summed E-state index contributed by atoms with van der Waals surface area (Å²) in [5.41, 5.74) is -4.33. The number of ether oxygens (including phenoxy) is 2. The van der Waals surface area contributed by atoms with Crippen LogP contribution in [0.15, 0.2) is 0 Å². The molecule has 2 heterocycles. The maximum absolute atomic E-state index is 9.74. The lowest BCUT2D eigenvalue weighted by atomic mass is 9.49. The maximum atomic E-state index is 9.74. The molecule has 2 bridgehead atoms. The third-order valence-corrected chi connectivity index (χ3v) is 4.54. The smallest absolute Gasteiger partial charge is 0.209 e. The van der Waals surface area contributed by atoms with Crippen molar-refractivity contribution in [2.24, 2.45) is 22.2 Å². The molecule has 0 unspecified atom stereocenters. The molecule has 20 heavy (non-hydrogen) atoms. The summed E-state index contributed by atoms with van der Waals surface area (Å²) >= 11 is 0. The van der Waals surface area contributed by atoms with Crippen molar-refractivity contribution in [1.29, 1.82) is 21.2 Å². The molecular weight excluding hydrogens is 256 g/mol. The fourth-order valence-electron chi connectivity index (χ4n) is 3.41. The molecule has 0 saturated carbocycles. The number of fused-ring (bicyclic) bond motifs is 2. The number of hydrogen-bond donors (Lipinski definition) is 1. The van der Waals surface area contributed by atoms with Gasteiger partial charge in [-0.1, -0.05) is 27.7 Å². The van der Waals surface area contributed by atoms with E-state index in [4.69, 9.17) is 14.9 Å². The fraction of sp³-hybridized carbons (Fsp3) is 0.714. The normalized spacial score (nSPS) is 36.6. The van der Waals surface area contributed by atoms with Gasteiger partial charge in [-0.05, 0) is 5.92 Å². The molecule has 6 nitrogen and oxygen atoms in total. The van der Waals surface area contributed by atoms with Crippen LogP contribution in [-0.2, 0) is 9.47 Å². The molecule has 104 valence electrons. The van der Waals surface area contributed by atoms with Crippen molar-refractivity contribution >= 4 is 5.90 Å². The van der Waals surface area contributed by atoms with Gasteiger partial charge >= 0.3 is 0 Å². The lowest BCUT2D eigenvalue weighted by Crippen LogP contribution is -2.63. The first-order valence-corrected chi connectivity index (χ1v) is 6.40. The van der Waals surface area contributed by atoms with Gasteiger partial charge in [-0.15, -0.1) is 0 Å². The minimum absolute atomic E-state index is 0.157. The highest BCUT2D eigenvalue weighted by atomic mass is 16.7. The minimum atomic E-state index is -1.76. The quantitative estimate of drug-likeness (QED) is 0.783. The third kappa shape index (κ3) is 1.17. The summed E-state index contributed by atoms with van der Waals surface area (Å²) in [4.78, 5) is 0. The molecule has 2 rings (SSSR count). The average molecular weight is 272 g/mol. The van der Waals surface area contributed by atoms with E-state index in [-0.39, 0.29) is 11.8 Å². The Morgan fingerprint density at radius 1 is 1.15 bits per heavy atom. The molecule has 1 N–H and O–H groups in total. The van der Waals surface area contributed by atoms with Crippen LogP contribution in [-0.4, -0.2) is 18.3 Å². The van der Waals surface area contributed by atoms with Gasteiger partial charge < -0.3 is 9.47 Å². The predicted molar refractivity (Wildman–Crippen MR) is 67.8 cm³/mol. The van der Waals surface area contributed by atoms with Gasteiger partial charge in [-0.3, -0.25) is 5.41 Å². The Morgan fingerprint density at radius 2 is 1.70 bits per heavy atom. The van der Waals surface area contributed by atoms with Crippen LogP contribution in [0.5, 0.6) is 0 Å². The Morgan fingerprint density at radius 3 is 2.10 bits per heavy atom. The second-order valence-electron chi connectivity index (χ2n) is 6.19. The summed E-state index contributed by atoms with van der Waals surface area (Å²) in [6.07, 6.45) is -1.57. The third-order valence-electron chi connectivity index (χ3n) is 4.54. The van der Waals surface area contributed by atoms with Gasteiger partial charge in [0.2, 0.25) is 12.2 Å². The van der Waals surface area contributed by atoms with Crippen LogP contribution in [0.25, 0.3) is 0 Å². The summed E-state index contributed by atoms with van der Waals surface area (Å²) < 4.78 is 11.2. The molecule has 2 aliphatic rings. The van der Waals surface area contributed by atoms with Crippen LogP contribution in [0, 0.1) is 61.6 Å². The molecule has 0 aromatic carbocycles. The van der Waals surface area contributed by atoms with E-state index >= 15 is 0 Å². The fourth-order valence-corrected chi connectivity index (χ4v) is 3.41. The number of nitrogens with zero attached hydrogens (tertiary/aromatic N) is 3. The van der Waals surface area contributed by atoms with E-state index in [0.717, 1.165) is 0 Å². The van der Waals surface area contributed by atoms with E-state index in [1.165, 1.54) is 0 Å². The van der Waals surface area contributed by atoms with Gasteiger partial charge in [0.05, 0.1) is 29.7 Å². The molecule has 0 aliphatic carbocycles. The lowest BCUT2D eigenvalue weighted by molar-refractivity contribution is -0.241. The van der Waals surface area contributed by atoms with E-state index < -0.39 is 28.6 Å². The molecule has 0 spiro atoms. The van der Waals surface area contributed by atoms with Crippen molar-refractivity contribution in [3.8, 4) is 18.2 Å². The molecule has 0 radical (unpaired) electrons. The van der Waals surface area contributed by atoms with Crippen LogP contribution in [0.3, 0.4) is 0 Å². The van der Waals surface area contributed by atoms with Crippen LogP contribution in [0.4, 0.5) is 0 Å². The van der Waals surface area contributed by atoms with Gasteiger partial charge in [0, 0.05) is 0 Å². The summed E-state index contributed by atoms with van der Waals surface area (Å²) in [6, 6.07) is 6.00. The van der Waals surface area contributed by atoms with Crippen molar-refractivity contribution in [3.63, 3.8) is 0 Å². The van der Waals surface area contributed by atoms with Gasteiger partial charge in [0.1, 0.15) is 0 Å². The van der Waals surface area contributed by atoms with Crippen molar-refractivity contribution in [1.82, 2.24) is 0 Å². The highest BCUT2D eigenvalue weighted by molar-refractivity contribution is 5.89. The largest absolute Gasteiger partial charge is 0.450 e. The molecule has 0 amide bonds. The first-order valence-electron chi connectivity index (χ1n) is 6.40. The minimum Gasteiger partial charge on any atom is -0.450 e. The molecule has 2 saturated heterocycles. The second-order valence-corrected chi connectivity index (χ2v) is 6.19. The van der Waals surface area contributed by atoms with Gasteiger partial charge in [0.25, 0.3) is 0 Å². The van der Waals surface area contributed by atoms with Gasteiger partial charge in [-0.25, -0.2) is 0 Å². The summed E-state index contributed by atoms with van der Waals surface area (Å²) in [5.74, 6) is -0.503. The van der Waals surface area contributed by atoms with Crippen LogP contribution in [0.2, 0.25) is 0 Å². The first kappa shape index (κ1) is 14.3. The van der Waals surface area contributed by atoms with Gasteiger partial charge in [0.15, 0.2) is 10.8 Å². The SMILES string of the molecule is CC(C)[C@@H]1O[C@H]2OC(=N)[C@@](C#N)(C2(C)C)C1(C#N)C#N. The van der Waals surface area contributed by atoms with Crippen LogP contribution >= 0.6 is 0 Å². The number of hydrogen-bond acceptors (Lipinski definition) is 6. The van der Waals surface area contributed by atoms with E-state index in [2.05, 4.69) is 6.07 Å². The Bertz CT molecular complexity index is 576. The highest BCUT2D eigenvalue weighted by Gasteiger charge is 2.79.